The molecule has 0 radical (unpaired) electrons. The van der Waals surface area contributed by atoms with Gasteiger partial charge in [0.15, 0.2) is 0 Å². The van der Waals surface area contributed by atoms with Gasteiger partial charge in [-0.05, 0) is 46.5 Å². The summed E-state index contributed by atoms with van der Waals surface area (Å²) in [5.74, 6) is 0. The second-order valence-corrected chi connectivity index (χ2v) is 5.87. The Hall–Kier alpha value is -0.850. The Morgan fingerprint density at radius 1 is 1.26 bits per heavy atom. The highest BCUT2D eigenvalue weighted by molar-refractivity contribution is 9.10. The zero-order valence-electron chi connectivity index (χ0n) is 9.75. The maximum Gasteiger partial charge on any atom is 0.416 e. The normalized spacial score (nSPS) is 13.5. The van der Waals surface area contributed by atoms with Crippen molar-refractivity contribution in [2.75, 3.05) is 0 Å². The molecule has 19 heavy (non-hydrogen) atoms. The summed E-state index contributed by atoms with van der Waals surface area (Å²) < 4.78 is 39.4. The summed E-state index contributed by atoms with van der Waals surface area (Å²) in [5, 5.41) is 3.78. The average Bonchev–Trinajstić information content (AvgIpc) is 2.80. The molecule has 1 unspecified atom stereocenters. The molecule has 0 amide bonds. The highest BCUT2D eigenvalue weighted by Gasteiger charge is 2.34. The van der Waals surface area contributed by atoms with Crippen molar-refractivity contribution in [2.24, 2.45) is 5.73 Å². The van der Waals surface area contributed by atoms with Gasteiger partial charge in [0.05, 0.1) is 5.56 Å². The Bertz CT molecular complexity index is 552. The fourth-order valence-electron chi connectivity index (χ4n) is 1.87. The summed E-state index contributed by atoms with van der Waals surface area (Å²) >= 11 is 4.56. The van der Waals surface area contributed by atoms with E-state index in [1.807, 2.05) is 16.8 Å². The van der Waals surface area contributed by atoms with Crippen molar-refractivity contribution in [2.45, 2.75) is 18.6 Å². The Morgan fingerprint density at radius 2 is 2.00 bits per heavy atom. The number of thiophene rings is 1. The molecule has 1 nitrogen and oxygen atoms in total. The molecule has 0 aliphatic rings. The van der Waals surface area contributed by atoms with Crippen LogP contribution in [0.1, 0.15) is 22.7 Å². The summed E-state index contributed by atoms with van der Waals surface area (Å²) in [5.41, 5.74) is 6.33. The number of alkyl halides is 3. The van der Waals surface area contributed by atoms with E-state index in [4.69, 9.17) is 5.73 Å². The third-order valence-electron chi connectivity index (χ3n) is 2.76. The summed E-state index contributed by atoms with van der Waals surface area (Å²) in [6, 6.07) is 5.29. The maximum absolute atomic E-state index is 13.0. The Kier molecular flexibility index (Phi) is 4.32. The molecule has 2 rings (SSSR count). The van der Waals surface area contributed by atoms with E-state index in [0.29, 0.717) is 10.9 Å². The number of nitrogens with two attached hydrogens (primary N) is 1. The molecular weight excluding hydrogens is 339 g/mol. The van der Waals surface area contributed by atoms with Crippen LogP contribution in [0.5, 0.6) is 0 Å². The molecule has 6 heteroatoms. The molecule has 1 aromatic heterocycles. The molecule has 0 bridgehead atoms. The van der Waals surface area contributed by atoms with Gasteiger partial charge in [-0.25, -0.2) is 0 Å². The van der Waals surface area contributed by atoms with Gasteiger partial charge in [-0.15, -0.1) is 0 Å². The molecule has 1 atom stereocenters. The first-order chi connectivity index (χ1) is 8.88. The van der Waals surface area contributed by atoms with E-state index in [1.165, 1.54) is 17.4 Å². The molecule has 2 aromatic rings. The van der Waals surface area contributed by atoms with Crippen LogP contribution in [0.2, 0.25) is 0 Å². The number of rotatable bonds is 3. The Morgan fingerprint density at radius 3 is 2.58 bits per heavy atom. The van der Waals surface area contributed by atoms with Gasteiger partial charge in [0, 0.05) is 10.5 Å². The van der Waals surface area contributed by atoms with Crippen LogP contribution in [-0.2, 0) is 12.6 Å². The quantitative estimate of drug-likeness (QED) is 0.848. The van der Waals surface area contributed by atoms with E-state index in [1.54, 1.807) is 6.07 Å². The maximum atomic E-state index is 13.0. The van der Waals surface area contributed by atoms with Crippen molar-refractivity contribution >= 4 is 27.3 Å². The van der Waals surface area contributed by atoms with E-state index in [2.05, 4.69) is 15.9 Å². The van der Waals surface area contributed by atoms with Crippen LogP contribution >= 0.6 is 27.3 Å². The zero-order valence-corrected chi connectivity index (χ0v) is 12.1. The summed E-state index contributed by atoms with van der Waals surface area (Å²) in [7, 11) is 0. The lowest BCUT2D eigenvalue weighted by molar-refractivity contribution is -0.138. The predicted molar refractivity (Wildman–Crippen MR) is 74.1 cm³/mol. The van der Waals surface area contributed by atoms with Crippen LogP contribution in [0.3, 0.4) is 0 Å². The molecule has 102 valence electrons. The predicted octanol–water partition coefficient (Wildman–Crippen LogP) is 4.77. The molecule has 0 aliphatic carbocycles. The van der Waals surface area contributed by atoms with Gasteiger partial charge >= 0.3 is 6.18 Å². The minimum Gasteiger partial charge on any atom is -0.324 e. The van der Waals surface area contributed by atoms with Crippen LogP contribution < -0.4 is 5.73 Å². The van der Waals surface area contributed by atoms with Gasteiger partial charge in [0.2, 0.25) is 0 Å². The second-order valence-electron chi connectivity index (χ2n) is 4.17. The molecule has 0 spiro atoms. The van der Waals surface area contributed by atoms with Crippen molar-refractivity contribution in [1.82, 2.24) is 0 Å². The minimum atomic E-state index is -4.40. The Balaban J connectivity index is 2.33. The average molecular weight is 350 g/mol. The van der Waals surface area contributed by atoms with Crippen molar-refractivity contribution in [3.05, 3.63) is 56.2 Å². The molecule has 0 saturated carbocycles. The van der Waals surface area contributed by atoms with Gasteiger partial charge < -0.3 is 5.73 Å². The van der Waals surface area contributed by atoms with Crippen molar-refractivity contribution in [3.63, 3.8) is 0 Å². The van der Waals surface area contributed by atoms with E-state index in [0.717, 1.165) is 11.6 Å². The molecule has 1 heterocycles. The van der Waals surface area contributed by atoms with Crippen molar-refractivity contribution in [3.8, 4) is 0 Å². The van der Waals surface area contributed by atoms with Crippen LogP contribution in [0.4, 0.5) is 13.2 Å². The lowest BCUT2D eigenvalue weighted by atomic mass is 9.96. The van der Waals surface area contributed by atoms with Crippen LogP contribution in [0.25, 0.3) is 0 Å². The fourth-order valence-corrected chi connectivity index (χ4v) is 2.91. The zero-order chi connectivity index (χ0) is 14.0. The lowest BCUT2D eigenvalue weighted by Gasteiger charge is -2.18. The summed E-state index contributed by atoms with van der Waals surface area (Å²) in [6.45, 7) is 0. The number of hydrogen-bond acceptors (Lipinski definition) is 2. The van der Waals surface area contributed by atoms with Crippen molar-refractivity contribution < 1.29 is 13.2 Å². The molecule has 0 fully saturated rings. The van der Waals surface area contributed by atoms with E-state index in [-0.39, 0.29) is 5.56 Å². The van der Waals surface area contributed by atoms with Crippen LogP contribution in [0, 0.1) is 0 Å². The largest absolute Gasteiger partial charge is 0.416 e. The topological polar surface area (TPSA) is 26.0 Å². The molecule has 0 aliphatic heterocycles. The van der Waals surface area contributed by atoms with E-state index in [9.17, 15) is 13.2 Å². The molecular formula is C13H11BrF3NS. The third-order valence-corrected chi connectivity index (χ3v) is 3.98. The van der Waals surface area contributed by atoms with E-state index < -0.39 is 17.8 Å². The molecule has 2 N–H and O–H groups in total. The van der Waals surface area contributed by atoms with E-state index >= 15 is 0 Å². The molecule has 1 aromatic carbocycles. The fraction of sp³-hybridized carbons (Fsp3) is 0.231. The first-order valence-corrected chi connectivity index (χ1v) is 7.25. The third kappa shape index (κ3) is 3.58. The number of halogens is 4. The monoisotopic (exact) mass is 349 g/mol. The minimum absolute atomic E-state index is 0.127. The highest BCUT2D eigenvalue weighted by atomic mass is 79.9. The van der Waals surface area contributed by atoms with Gasteiger partial charge in [-0.1, -0.05) is 22.0 Å². The summed E-state index contributed by atoms with van der Waals surface area (Å²) in [6.07, 6.45) is -4.00. The lowest BCUT2D eigenvalue weighted by Crippen LogP contribution is -2.19. The standard InChI is InChI=1S/C13H11BrF3NS/c14-9-1-2-10(11(6-9)13(15,16)17)12(18)5-8-3-4-19-7-8/h1-4,6-7,12H,5,18H2. The number of hydrogen-bond donors (Lipinski definition) is 1. The van der Waals surface area contributed by atoms with Gasteiger partial charge in [-0.2, -0.15) is 24.5 Å². The highest BCUT2D eigenvalue weighted by Crippen LogP contribution is 2.36. The van der Waals surface area contributed by atoms with Crippen LogP contribution in [-0.4, -0.2) is 0 Å². The van der Waals surface area contributed by atoms with Gasteiger partial charge in [-0.3, -0.25) is 0 Å². The molecule has 0 saturated heterocycles. The van der Waals surface area contributed by atoms with Crippen molar-refractivity contribution in [1.29, 1.82) is 0 Å². The summed E-state index contributed by atoms with van der Waals surface area (Å²) in [4.78, 5) is 0. The smallest absolute Gasteiger partial charge is 0.324 e. The SMILES string of the molecule is NC(Cc1ccsc1)c1ccc(Br)cc1C(F)(F)F. The number of benzene rings is 1. The second kappa shape index (κ2) is 5.64. The first-order valence-electron chi connectivity index (χ1n) is 5.51. The Labute approximate surface area is 121 Å². The van der Waals surface area contributed by atoms with Crippen LogP contribution in [0.15, 0.2) is 39.5 Å². The van der Waals surface area contributed by atoms with Gasteiger partial charge in [0.25, 0.3) is 0 Å². The first kappa shape index (κ1) is 14.6. The van der Waals surface area contributed by atoms with Gasteiger partial charge in [0.1, 0.15) is 0 Å².